The Hall–Kier alpha value is -4.84. The molecule has 184 valence electrons. The van der Waals surface area contributed by atoms with Gasteiger partial charge in [0.25, 0.3) is 0 Å². The fraction of sp³-hybridized carbons (Fsp3) is 0.0968. The highest BCUT2D eigenvalue weighted by molar-refractivity contribution is 5.85. The van der Waals surface area contributed by atoms with Crippen molar-refractivity contribution in [3.63, 3.8) is 0 Å². The van der Waals surface area contributed by atoms with E-state index in [0.29, 0.717) is 17.8 Å². The van der Waals surface area contributed by atoms with Gasteiger partial charge in [0.05, 0.1) is 7.11 Å². The molecule has 0 aliphatic rings. The number of hydrogen-bond acceptors (Lipinski definition) is 4. The van der Waals surface area contributed by atoms with Crippen LogP contribution in [0.4, 0.5) is 10.5 Å². The van der Waals surface area contributed by atoms with Crippen molar-refractivity contribution in [2.75, 3.05) is 12.4 Å². The highest BCUT2D eigenvalue weighted by Gasteiger charge is 2.24. The molecule has 1 N–H and O–H groups in total. The van der Waals surface area contributed by atoms with Crippen molar-refractivity contribution in [2.45, 2.75) is 13.3 Å². The Morgan fingerprint density at radius 2 is 1.49 bits per heavy atom. The van der Waals surface area contributed by atoms with Crippen molar-refractivity contribution in [2.24, 2.45) is 0 Å². The largest absolute Gasteiger partial charge is 0.497 e. The van der Waals surface area contributed by atoms with E-state index in [9.17, 15) is 4.79 Å². The summed E-state index contributed by atoms with van der Waals surface area (Å²) in [7, 11) is 1.63. The number of aryl methyl sites for hydroxylation is 1. The van der Waals surface area contributed by atoms with E-state index in [1.54, 1.807) is 19.2 Å². The Morgan fingerprint density at radius 3 is 2.16 bits per heavy atom. The summed E-state index contributed by atoms with van der Waals surface area (Å²) in [6.07, 6.45) is -0.0266. The van der Waals surface area contributed by atoms with Gasteiger partial charge in [0.2, 0.25) is 0 Å². The minimum absolute atomic E-state index is 0.607. The second-order valence-corrected chi connectivity index (χ2v) is 8.62. The number of hydrogen-bond donors (Lipinski definition) is 1. The van der Waals surface area contributed by atoms with Gasteiger partial charge in [0.15, 0.2) is 0 Å². The van der Waals surface area contributed by atoms with Crippen molar-refractivity contribution >= 4 is 11.8 Å². The van der Waals surface area contributed by atoms with Gasteiger partial charge in [-0.2, -0.15) is 0 Å². The Balaban J connectivity index is 1.66. The molecule has 4 aromatic carbocycles. The van der Waals surface area contributed by atoms with E-state index in [4.69, 9.17) is 14.7 Å². The molecular formula is C31H27N3O3. The second-order valence-electron chi connectivity index (χ2n) is 8.62. The molecule has 6 nitrogen and oxygen atoms in total. The van der Waals surface area contributed by atoms with Crippen molar-refractivity contribution < 1.29 is 14.4 Å². The summed E-state index contributed by atoms with van der Waals surface area (Å²) in [5.41, 5.74) is 7.10. The Kier molecular flexibility index (Phi) is 6.99. The summed E-state index contributed by atoms with van der Waals surface area (Å²) in [5.74, 6) is 0.737. The maximum absolute atomic E-state index is 12.9. The van der Waals surface area contributed by atoms with Crippen LogP contribution >= 0.6 is 0 Å². The van der Waals surface area contributed by atoms with Crippen LogP contribution in [0.15, 0.2) is 109 Å². The first-order chi connectivity index (χ1) is 18.1. The zero-order chi connectivity index (χ0) is 25.6. The lowest BCUT2D eigenvalue weighted by molar-refractivity contribution is 0.132. The average molecular weight is 490 g/mol. The van der Waals surface area contributed by atoms with Gasteiger partial charge < -0.3 is 4.74 Å². The average Bonchev–Trinajstić information content (AvgIpc) is 3.27. The van der Waals surface area contributed by atoms with Crippen LogP contribution in [0.1, 0.15) is 16.7 Å². The molecule has 0 radical (unpaired) electrons. The third-order valence-corrected chi connectivity index (χ3v) is 6.13. The van der Waals surface area contributed by atoms with Gasteiger partial charge in [-0.3, -0.25) is 10.2 Å². The fourth-order valence-electron chi connectivity index (χ4n) is 4.29. The highest BCUT2D eigenvalue weighted by Crippen LogP contribution is 2.35. The predicted molar refractivity (Wildman–Crippen MR) is 146 cm³/mol. The van der Waals surface area contributed by atoms with Crippen molar-refractivity contribution in [1.29, 1.82) is 0 Å². The van der Waals surface area contributed by atoms with Crippen LogP contribution in [0.25, 0.3) is 22.5 Å². The van der Waals surface area contributed by atoms with Crippen LogP contribution in [0.5, 0.6) is 5.75 Å². The van der Waals surface area contributed by atoms with E-state index in [1.807, 2.05) is 78.9 Å². The maximum Gasteiger partial charge on any atom is 0.437 e. The highest BCUT2D eigenvalue weighted by atomic mass is 16.7. The number of methoxy groups -OCH3 is 1. The number of amides is 1. The third-order valence-electron chi connectivity index (χ3n) is 6.13. The fourth-order valence-corrected chi connectivity index (χ4v) is 4.29. The SMILES string of the molecule is COc1ccc(-c2c(Cc3ccccc3)c(-c3ccccc3C)nn2OC(=O)Nc2ccccc2)cc1. The molecule has 1 heterocycles. The number of nitrogens with zero attached hydrogens (tertiary/aromatic N) is 2. The second kappa shape index (κ2) is 10.8. The molecule has 0 aliphatic carbocycles. The van der Waals surface area contributed by atoms with E-state index in [1.165, 1.54) is 4.85 Å². The van der Waals surface area contributed by atoms with Crippen molar-refractivity contribution in [3.8, 4) is 28.3 Å². The number of carbonyl (C=O) groups is 1. The van der Waals surface area contributed by atoms with Crippen LogP contribution in [0.3, 0.4) is 0 Å². The van der Waals surface area contributed by atoms with Crippen molar-refractivity contribution in [1.82, 2.24) is 9.94 Å². The van der Waals surface area contributed by atoms with Crippen LogP contribution < -0.4 is 14.9 Å². The Morgan fingerprint density at radius 1 is 0.838 bits per heavy atom. The molecule has 0 unspecified atom stereocenters. The van der Waals surface area contributed by atoms with Crippen LogP contribution in [0, 0.1) is 6.92 Å². The first-order valence-electron chi connectivity index (χ1n) is 12.0. The normalized spacial score (nSPS) is 10.6. The number of benzene rings is 4. The van der Waals surface area contributed by atoms with Crippen LogP contribution in [0.2, 0.25) is 0 Å². The van der Waals surface area contributed by atoms with Crippen LogP contribution in [-0.2, 0) is 6.42 Å². The first-order valence-corrected chi connectivity index (χ1v) is 12.0. The number of ether oxygens (including phenoxy) is 1. The smallest absolute Gasteiger partial charge is 0.437 e. The van der Waals surface area contributed by atoms with E-state index in [2.05, 4.69) is 30.4 Å². The van der Waals surface area contributed by atoms with Gasteiger partial charge in [0.1, 0.15) is 17.1 Å². The molecule has 6 heteroatoms. The lowest BCUT2D eigenvalue weighted by Crippen LogP contribution is -2.26. The number of carbonyl (C=O) groups excluding carboxylic acids is 1. The van der Waals surface area contributed by atoms with E-state index in [0.717, 1.165) is 39.3 Å². The van der Waals surface area contributed by atoms with Gasteiger partial charge in [-0.05, 0) is 54.4 Å². The molecule has 1 aromatic heterocycles. The summed E-state index contributed by atoms with van der Waals surface area (Å²) in [5, 5.41) is 7.62. The molecule has 1 amide bonds. The minimum Gasteiger partial charge on any atom is -0.497 e. The molecule has 5 rings (SSSR count). The number of anilines is 1. The molecule has 37 heavy (non-hydrogen) atoms. The molecule has 0 aliphatic heterocycles. The van der Waals surface area contributed by atoms with E-state index < -0.39 is 6.09 Å². The quantitative estimate of drug-likeness (QED) is 0.273. The standard InChI is InChI=1S/C31H27N3O3/c1-22-11-9-10-16-27(22)29-28(21-23-12-5-3-6-13-23)30(24-17-19-26(36-2)20-18-24)34(33-29)37-31(35)32-25-14-7-4-8-15-25/h3-20H,21H2,1-2H3,(H,32,35). The molecule has 0 saturated heterocycles. The predicted octanol–water partition coefficient (Wildman–Crippen LogP) is 6.79. The monoisotopic (exact) mass is 489 g/mol. The molecular weight excluding hydrogens is 462 g/mol. The summed E-state index contributed by atoms with van der Waals surface area (Å²) in [6, 6.07) is 35.1. The van der Waals surface area contributed by atoms with Gasteiger partial charge >= 0.3 is 6.09 Å². The van der Waals surface area contributed by atoms with Crippen LogP contribution in [-0.4, -0.2) is 23.1 Å². The topological polar surface area (TPSA) is 65.4 Å². The summed E-state index contributed by atoms with van der Waals surface area (Å²) < 4.78 is 5.36. The van der Waals surface area contributed by atoms with Gasteiger partial charge in [0, 0.05) is 28.8 Å². The molecule has 0 saturated carbocycles. The Bertz CT molecular complexity index is 1490. The molecule has 0 bridgehead atoms. The first kappa shape index (κ1) is 23.9. The summed E-state index contributed by atoms with van der Waals surface area (Å²) in [6.45, 7) is 2.05. The third kappa shape index (κ3) is 5.38. The molecule has 5 aromatic rings. The van der Waals surface area contributed by atoms with Gasteiger partial charge in [-0.25, -0.2) is 4.79 Å². The number of aromatic nitrogens is 2. The number of nitrogens with one attached hydrogen (secondary N) is 1. The lowest BCUT2D eigenvalue weighted by atomic mass is 9.94. The van der Waals surface area contributed by atoms with Crippen molar-refractivity contribution in [3.05, 3.63) is 126 Å². The number of para-hydroxylation sites is 1. The summed E-state index contributed by atoms with van der Waals surface area (Å²) in [4.78, 5) is 20.1. The molecule has 0 atom stereocenters. The zero-order valence-corrected chi connectivity index (χ0v) is 20.7. The van der Waals surface area contributed by atoms with E-state index >= 15 is 0 Å². The maximum atomic E-state index is 12.9. The molecule has 0 spiro atoms. The van der Waals surface area contributed by atoms with Gasteiger partial charge in [-0.1, -0.05) is 77.6 Å². The molecule has 0 fully saturated rings. The van der Waals surface area contributed by atoms with Gasteiger partial charge in [-0.15, -0.1) is 5.10 Å². The lowest BCUT2D eigenvalue weighted by Gasteiger charge is -2.11. The summed E-state index contributed by atoms with van der Waals surface area (Å²) >= 11 is 0. The zero-order valence-electron chi connectivity index (χ0n) is 20.7. The van der Waals surface area contributed by atoms with E-state index in [-0.39, 0.29) is 0 Å². The Labute approximate surface area is 216 Å². The number of rotatable bonds is 7. The minimum atomic E-state index is -0.633.